The second-order valence-electron chi connectivity index (χ2n) is 6.63. The third-order valence-electron chi connectivity index (χ3n) is 4.43. The number of quaternary nitrogens is 1. The van der Waals surface area contributed by atoms with E-state index in [-0.39, 0.29) is 34.7 Å². The lowest BCUT2D eigenvalue weighted by Crippen LogP contribution is -2.96. The zero-order valence-corrected chi connectivity index (χ0v) is 14.0. The minimum absolute atomic E-state index is 0.00978. The Kier molecular flexibility index (Phi) is 4.23. The average molecular weight is 380 g/mol. The number of alkyl halides is 3. The second-order valence-corrected chi connectivity index (χ2v) is 6.63. The Morgan fingerprint density at radius 1 is 1.37 bits per heavy atom. The molecule has 1 saturated carbocycles. The first-order valence-corrected chi connectivity index (χ1v) is 8.34. The van der Waals surface area contributed by atoms with Gasteiger partial charge in [0.15, 0.2) is 5.76 Å². The zero-order valence-electron chi connectivity index (χ0n) is 14.0. The predicted molar refractivity (Wildman–Crippen MR) is 87.4 cm³/mol. The van der Waals surface area contributed by atoms with Crippen molar-refractivity contribution in [3.05, 3.63) is 41.2 Å². The van der Waals surface area contributed by atoms with Crippen LogP contribution in [0, 0.1) is 11.1 Å². The second kappa shape index (κ2) is 6.46. The highest BCUT2D eigenvalue weighted by Gasteiger charge is 2.37. The van der Waals surface area contributed by atoms with Gasteiger partial charge < -0.3 is 14.5 Å². The first-order valence-electron chi connectivity index (χ1n) is 8.34. The Morgan fingerprint density at radius 3 is 2.85 bits per heavy atom. The summed E-state index contributed by atoms with van der Waals surface area (Å²) in [6.07, 6.45) is 2.38. The molecule has 3 heterocycles. The van der Waals surface area contributed by atoms with Crippen LogP contribution in [0.4, 0.5) is 19.0 Å². The van der Waals surface area contributed by atoms with E-state index in [2.05, 4.69) is 9.97 Å². The van der Waals surface area contributed by atoms with Gasteiger partial charge in [-0.1, -0.05) is 0 Å². The van der Waals surface area contributed by atoms with Gasteiger partial charge in [-0.05, 0) is 24.8 Å². The summed E-state index contributed by atoms with van der Waals surface area (Å²) in [5, 5.41) is 11.5. The molecule has 2 aromatic heterocycles. The smallest absolute Gasteiger partial charge is 0.406 e. The number of carbonyl (C=O) groups is 1. The summed E-state index contributed by atoms with van der Waals surface area (Å²) in [6.45, 7) is -1.23. The maximum Gasteiger partial charge on any atom is 0.406 e. The maximum atomic E-state index is 12.8. The first-order chi connectivity index (χ1) is 12.8. The minimum atomic E-state index is -4.48. The number of halogens is 3. The number of fused-ring (bicyclic) bond motifs is 1. The molecule has 1 aliphatic carbocycles. The van der Waals surface area contributed by atoms with Crippen molar-refractivity contribution in [1.82, 2.24) is 14.9 Å². The number of nitrogens with zero attached hydrogens (tertiary/aromatic N) is 3. The number of hydrogen-bond donors (Lipinski definition) is 1. The van der Waals surface area contributed by atoms with Crippen molar-refractivity contribution in [1.29, 1.82) is 0 Å². The lowest BCUT2D eigenvalue weighted by molar-refractivity contribution is -0.713. The summed E-state index contributed by atoms with van der Waals surface area (Å²) < 4.78 is 43.9. The van der Waals surface area contributed by atoms with E-state index >= 15 is 0 Å². The van der Waals surface area contributed by atoms with Crippen LogP contribution in [-0.2, 0) is 0 Å². The first kappa shape index (κ1) is 17.7. The molecule has 0 bridgehead atoms. The van der Waals surface area contributed by atoms with Crippen molar-refractivity contribution in [2.45, 2.75) is 19.0 Å². The van der Waals surface area contributed by atoms with Gasteiger partial charge in [0.1, 0.15) is 31.0 Å². The lowest BCUT2D eigenvalue weighted by Gasteiger charge is -2.23. The molecule has 0 spiro atoms. The molecule has 4 rings (SSSR count). The average Bonchev–Trinajstić information content (AvgIpc) is 3.15. The highest BCUT2D eigenvalue weighted by molar-refractivity contribution is 5.95. The molecule has 1 unspecified atom stereocenters. The van der Waals surface area contributed by atoms with Crippen molar-refractivity contribution in [2.24, 2.45) is 5.92 Å². The molecule has 1 atom stereocenters. The Morgan fingerprint density at radius 2 is 2.15 bits per heavy atom. The number of hydrogen-bond acceptors (Lipinski definition) is 5. The van der Waals surface area contributed by atoms with Crippen LogP contribution in [0.1, 0.15) is 28.8 Å². The number of hydroxylamine groups is 1. The highest BCUT2D eigenvalue weighted by atomic mass is 19.4. The van der Waals surface area contributed by atoms with Crippen LogP contribution in [-0.4, -0.2) is 40.0 Å². The predicted octanol–water partition coefficient (Wildman–Crippen LogP) is 2.15. The third kappa shape index (κ3) is 3.71. The van der Waals surface area contributed by atoms with Crippen molar-refractivity contribution in [3.8, 4) is 11.5 Å². The molecule has 0 radical (unpaired) electrons. The fraction of sp³-hybridized carbons (Fsp3) is 0.353. The Bertz CT molecular complexity index is 905. The summed E-state index contributed by atoms with van der Waals surface area (Å²) in [6, 6.07) is 1.35. The molecule has 27 heavy (non-hydrogen) atoms. The molecule has 0 saturated heterocycles. The maximum absolute atomic E-state index is 12.8. The van der Waals surface area contributed by atoms with E-state index in [0.717, 1.165) is 24.0 Å². The number of aromatic nitrogens is 2. The van der Waals surface area contributed by atoms with E-state index in [9.17, 15) is 23.2 Å². The zero-order chi connectivity index (χ0) is 19.2. The molecule has 1 fully saturated rings. The summed E-state index contributed by atoms with van der Waals surface area (Å²) in [7, 11) is 0. The van der Waals surface area contributed by atoms with Gasteiger partial charge in [0.25, 0.3) is 5.91 Å². The highest BCUT2D eigenvalue weighted by Crippen LogP contribution is 2.33. The summed E-state index contributed by atoms with van der Waals surface area (Å²) in [4.78, 5) is 21.4. The van der Waals surface area contributed by atoms with Crippen LogP contribution in [0.15, 0.2) is 29.3 Å². The van der Waals surface area contributed by atoms with Gasteiger partial charge >= 0.3 is 6.18 Å². The van der Waals surface area contributed by atoms with Gasteiger partial charge in [-0.25, -0.2) is 4.98 Å². The Labute approximate surface area is 151 Å². The quantitative estimate of drug-likeness (QED) is 0.804. The molecule has 7 nitrogen and oxygen atoms in total. The van der Waals surface area contributed by atoms with E-state index in [4.69, 9.17) is 4.42 Å². The van der Waals surface area contributed by atoms with Gasteiger partial charge in [0.05, 0.1) is 11.1 Å². The third-order valence-corrected chi connectivity index (χ3v) is 4.43. The van der Waals surface area contributed by atoms with Gasteiger partial charge in [-0.2, -0.15) is 18.2 Å². The molecule has 10 heteroatoms. The minimum Gasteiger partial charge on any atom is -0.623 e. The number of nitrogens with one attached hydrogen (secondary N) is 1. The summed E-state index contributed by atoms with van der Waals surface area (Å²) in [5.41, 5.74) is 0.780. The Balaban J connectivity index is 1.60. The molecule has 0 aromatic carbocycles. The van der Waals surface area contributed by atoms with Crippen LogP contribution in [0.2, 0.25) is 0 Å². The van der Waals surface area contributed by atoms with Gasteiger partial charge in [-0.15, -0.1) is 0 Å². The van der Waals surface area contributed by atoms with E-state index in [1.807, 2.05) is 0 Å². The standard InChI is InChI=1S/C17H15F3N4O3/c18-17(19,20)8-23(6-10-1-2-10)16(25)11-5-13(27-7-11)14-12-3-4-24(26)15(12)22-9-21-14/h3-5,7,9-10,24H,1-2,6,8H2. The molecule has 2 aliphatic rings. The number of rotatable bonds is 5. The van der Waals surface area contributed by atoms with E-state index < -0.39 is 18.6 Å². The van der Waals surface area contributed by atoms with Crippen LogP contribution in [0.3, 0.4) is 0 Å². The van der Waals surface area contributed by atoms with Crippen LogP contribution >= 0.6 is 0 Å². The molecule has 142 valence electrons. The SMILES string of the molecule is O=C(c1coc(-c2ncnc3c2C=C[NH+]3[O-])c1)N(CC1CC1)CC(F)(F)F. The van der Waals surface area contributed by atoms with Crippen molar-refractivity contribution >= 4 is 17.8 Å². The fourth-order valence-corrected chi connectivity index (χ4v) is 2.99. The number of carbonyl (C=O) groups excluding carboxylic acids is 1. The molecular formula is C17H15F3N4O3. The molecule has 1 aliphatic heterocycles. The molecular weight excluding hydrogens is 365 g/mol. The van der Waals surface area contributed by atoms with Gasteiger partial charge in [0, 0.05) is 12.6 Å². The van der Waals surface area contributed by atoms with E-state index in [1.165, 1.54) is 18.6 Å². The largest absolute Gasteiger partial charge is 0.623 e. The van der Waals surface area contributed by atoms with Gasteiger partial charge in [0.2, 0.25) is 5.82 Å². The van der Waals surface area contributed by atoms with Crippen LogP contribution in [0.5, 0.6) is 0 Å². The molecule has 1 amide bonds. The number of furan rings is 1. The molecule has 2 aromatic rings. The van der Waals surface area contributed by atoms with E-state index in [1.54, 1.807) is 6.08 Å². The lowest BCUT2D eigenvalue weighted by atomic mass is 10.1. The van der Waals surface area contributed by atoms with Crippen LogP contribution < -0.4 is 5.06 Å². The summed E-state index contributed by atoms with van der Waals surface area (Å²) >= 11 is 0. The topological polar surface area (TPSA) is 86.7 Å². The van der Waals surface area contributed by atoms with Gasteiger partial charge in [-0.3, -0.25) is 9.86 Å². The van der Waals surface area contributed by atoms with Crippen molar-refractivity contribution in [3.63, 3.8) is 0 Å². The monoisotopic (exact) mass is 380 g/mol. The van der Waals surface area contributed by atoms with Crippen molar-refractivity contribution < 1.29 is 27.4 Å². The molecule has 1 N–H and O–H groups in total. The summed E-state index contributed by atoms with van der Waals surface area (Å²) in [5.74, 6) is -0.220. The Hall–Kier alpha value is -2.72. The van der Waals surface area contributed by atoms with E-state index in [0.29, 0.717) is 11.3 Å². The normalized spacial score (nSPS) is 18.6. The fourth-order valence-electron chi connectivity index (χ4n) is 2.99. The number of amides is 1. The van der Waals surface area contributed by atoms with Crippen molar-refractivity contribution in [2.75, 3.05) is 13.1 Å². The van der Waals surface area contributed by atoms with Crippen LogP contribution in [0.25, 0.3) is 17.5 Å².